The molecule has 2 fully saturated rings. The van der Waals surface area contributed by atoms with Crippen LogP contribution in [0.3, 0.4) is 0 Å². The lowest BCUT2D eigenvalue weighted by Gasteiger charge is -2.21. The third-order valence-corrected chi connectivity index (χ3v) is 5.33. The minimum atomic E-state index is -0.674. The van der Waals surface area contributed by atoms with Crippen molar-refractivity contribution >= 4 is 27.7 Å². The molecule has 0 aromatic heterocycles. The van der Waals surface area contributed by atoms with Crippen molar-refractivity contribution < 1.29 is 4.21 Å². The third kappa shape index (κ3) is 3.23. The highest BCUT2D eigenvalue weighted by Gasteiger charge is 2.39. The highest BCUT2D eigenvalue weighted by Crippen LogP contribution is 2.37. The maximum absolute atomic E-state index is 10.9. The van der Waals surface area contributed by atoms with Crippen LogP contribution in [0.1, 0.15) is 32.1 Å². The lowest BCUT2D eigenvalue weighted by atomic mass is 10.0. The normalized spacial score (nSPS) is 27.4. The van der Waals surface area contributed by atoms with E-state index >= 15 is 0 Å². The van der Waals surface area contributed by atoms with Crippen LogP contribution < -0.4 is 5.32 Å². The van der Waals surface area contributed by atoms with E-state index in [0.717, 1.165) is 23.9 Å². The average molecular weight is 260 g/mol. The van der Waals surface area contributed by atoms with Crippen molar-refractivity contribution in [3.63, 3.8) is 0 Å². The molecule has 1 atom stereocenters. The summed E-state index contributed by atoms with van der Waals surface area (Å²) in [5, 5.41) is 4.71. The number of nitrogens with zero attached hydrogens (tertiary/aromatic N) is 1. The van der Waals surface area contributed by atoms with E-state index in [1.54, 1.807) is 6.26 Å². The summed E-state index contributed by atoms with van der Waals surface area (Å²) in [6, 6.07) is 0. The summed E-state index contributed by atoms with van der Waals surface area (Å²) in [6.07, 6.45) is 8.01. The SMILES string of the molecule is CS(=O)CCCN=C1NC2(CCCC2)CS1. The van der Waals surface area contributed by atoms with Crippen LogP contribution in [0.25, 0.3) is 0 Å². The van der Waals surface area contributed by atoms with Crippen LogP contribution in [0.15, 0.2) is 4.99 Å². The zero-order valence-corrected chi connectivity index (χ0v) is 11.5. The minimum Gasteiger partial charge on any atom is -0.359 e. The van der Waals surface area contributed by atoms with E-state index in [1.165, 1.54) is 31.4 Å². The van der Waals surface area contributed by atoms with Gasteiger partial charge in [-0.15, -0.1) is 0 Å². The van der Waals surface area contributed by atoms with Crippen LogP contribution in [-0.2, 0) is 10.8 Å². The number of thioether (sulfide) groups is 1. The van der Waals surface area contributed by atoms with Crippen LogP contribution >= 0.6 is 11.8 Å². The minimum absolute atomic E-state index is 0.372. The lowest BCUT2D eigenvalue weighted by Crippen LogP contribution is -2.40. The molecule has 1 aliphatic heterocycles. The Bertz CT molecular complexity index is 298. The van der Waals surface area contributed by atoms with Crippen molar-refractivity contribution in [3.05, 3.63) is 0 Å². The van der Waals surface area contributed by atoms with Crippen molar-refractivity contribution in [2.75, 3.05) is 24.3 Å². The molecule has 1 heterocycles. The smallest absolute Gasteiger partial charge is 0.157 e. The van der Waals surface area contributed by atoms with Crippen LogP contribution in [0, 0.1) is 0 Å². The monoisotopic (exact) mass is 260 g/mol. The topological polar surface area (TPSA) is 41.5 Å². The molecule has 16 heavy (non-hydrogen) atoms. The Morgan fingerprint density at radius 3 is 2.94 bits per heavy atom. The van der Waals surface area contributed by atoms with Crippen LogP contribution in [0.2, 0.25) is 0 Å². The Morgan fingerprint density at radius 1 is 1.50 bits per heavy atom. The molecule has 3 nitrogen and oxygen atoms in total. The van der Waals surface area contributed by atoms with Crippen LogP contribution in [-0.4, -0.2) is 39.2 Å². The van der Waals surface area contributed by atoms with Crippen LogP contribution in [0.4, 0.5) is 0 Å². The maximum Gasteiger partial charge on any atom is 0.157 e. The molecular formula is C11H20N2OS2. The van der Waals surface area contributed by atoms with E-state index in [9.17, 15) is 4.21 Å². The summed E-state index contributed by atoms with van der Waals surface area (Å²) < 4.78 is 10.9. The summed E-state index contributed by atoms with van der Waals surface area (Å²) in [4.78, 5) is 4.55. The number of hydrogen-bond acceptors (Lipinski definition) is 3. The molecule has 2 rings (SSSR count). The first-order valence-electron chi connectivity index (χ1n) is 5.96. The third-order valence-electron chi connectivity index (χ3n) is 3.26. The van der Waals surface area contributed by atoms with Gasteiger partial charge in [-0.3, -0.25) is 9.20 Å². The molecule has 1 aliphatic carbocycles. The molecule has 1 N–H and O–H groups in total. The molecule has 2 aliphatic rings. The molecule has 1 spiro atoms. The van der Waals surface area contributed by atoms with Gasteiger partial charge >= 0.3 is 0 Å². The van der Waals surface area contributed by atoms with E-state index in [0.29, 0.717) is 5.54 Å². The fourth-order valence-corrected chi connectivity index (χ4v) is 4.14. The zero-order chi connectivity index (χ0) is 11.4. The Kier molecular flexibility index (Phi) is 4.30. The van der Waals surface area contributed by atoms with Gasteiger partial charge in [0.15, 0.2) is 5.17 Å². The van der Waals surface area contributed by atoms with Gasteiger partial charge in [-0.1, -0.05) is 24.6 Å². The first kappa shape index (κ1) is 12.4. The fraction of sp³-hybridized carbons (Fsp3) is 0.909. The Morgan fingerprint density at radius 2 is 2.25 bits per heavy atom. The summed E-state index contributed by atoms with van der Waals surface area (Å²) in [6.45, 7) is 0.811. The predicted octanol–water partition coefficient (Wildman–Crippen LogP) is 1.76. The van der Waals surface area contributed by atoms with E-state index in [-0.39, 0.29) is 0 Å². The molecule has 5 heteroatoms. The van der Waals surface area contributed by atoms with Crippen molar-refractivity contribution in [2.45, 2.75) is 37.6 Å². The standard InChI is InChI=1S/C11H20N2OS2/c1-16(14)8-4-7-12-10-13-11(9-15-10)5-2-3-6-11/h2-9H2,1H3,(H,12,13). The van der Waals surface area contributed by atoms with Crippen molar-refractivity contribution in [3.8, 4) is 0 Å². The van der Waals surface area contributed by atoms with Gasteiger partial charge in [0.05, 0.1) is 0 Å². The van der Waals surface area contributed by atoms with Crippen molar-refractivity contribution in [1.82, 2.24) is 5.32 Å². The van der Waals surface area contributed by atoms with Gasteiger partial charge in [0.25, 0.3) is 0 Å². The molecule has 0 aromatic rings. The summed E-state index contributed by atoms with van der Waals surface area (Å²) in [5.74, 6) is 1.96. The zero-order valence-electron chi connectivity index (χ0n) is 9.83. The van der Waals surface area contributed by atoms with Crippen LogP contribution in [0.5, 0.6) is 0 Å². The van der Waals surface area contributed by atoms with E-state index in [1.807, 2.05) is 11.8 Å². The van der Waals surface area contributed by atoms with Gasteiger partial charge in [0.1, 0.15) is 0 Å². The fourth-order valence-electron chi connectivity index (χ4n) is 2.36. The second kappa shape index (κ2) is 5.54. The predicted molar refractivity (Wildman–Crippen MR) is 72.6 cm³/mol. The Hall–Kier alpha value is -0.0300. The summed E-state index contributed by atoms with van der Waals surface area (Å²) in [5.41, 5.74) is 0.372. The maximum atomic E-state index is 10.9. The molecule has 1 saturated heterocycles. The molecule has 1 unspecified atom stereocenters. The molecular weight excluding hydrogens is 240 g/mol. The summed E-state index contributed by atoms with van der Waals surface area (Å²) >= 11 is 1.86. The van der Waals surface area contributed by atoms with Gasteiger partial charge in [0.2, 0.25) is 0 Å². The number of amidine groups is 1. The van der Waals surface area contributed by atoms with E-state index in [4.69, 9.17) is 0 Å². The first-order valence-corrected chi connectivity index (χ1v) is 8.67. The molecule has 0 aromatic carbocycles. The van der Waals surface area contributed by atoms with Crippen molar-refractivity contribution in [2.24, 2.45) is 4.99 Å². The highest BCUT2D eigenvalue weighted by molar-refractivity contribution is 8.14. The number of nitrogens with one attached hydrogen (secondary N) is 1. The van der Waals surface area contributed by atoms with Gasteiger partial charge < -0.3 is 5.32 Å². The molecule has 0 radical (unpaired) electrons. The van der Waals surface area contributed by atoms with Gasteiger partial charge in [-0.25, -0.2) is 0 Å². The molecule has 0 bridgehead atoms. The molecule has 92 valence electrons. The number of hydrogen-bond donors (Lipinski definition) is 1. The second-order valence-corrected chi connectivity index (χ2v) is 7.24. The second-order valence-electron chi connectivity index (χ2n) is 4.72. The largest absolute Gasteiger partial charge is 0.359 e. The average Bonchev–Trinajstić information content (AvgIpc) is 2.85. The van der Waals surface area contributed by atoms with Gasteiger partial charge in [-0.05, 0) is 19.3 Å². The molecule has 1 saturated carbocycles. The lowest BCUT2D eigenvalue weighted by molar-refractivity contribution is 0.452. The highest BCUT2D eigenvalue weighted by atomic mass is 32.2. The Labute approximate surface area is 104 Å². The van der Waals surface area contributed by atoms with Crippen molar-refractivity contribution in [1.29, 1.82) is 0 Å². The number of rotatable bonds is 4. The van der Waals surface area contributed by atoms with E-state index < -0.39 is 10.8 Å². The van der Waals surface area contributed by atoms with E-state index in [2.05, 4.69) is 10.3 Å². The Balaban J connectivity index is 1.75. The molecule has 0 amide bonds. The van der Waals surface area contributed by atoms with Gasteiger partial charge in [-0.2, -0.15) is 0 Å². The quantitative estimate of drug-likeness (QED) is 0.783. The first-order chi connectivity index (χ1) is 7.70. The van der Waals surface area contributed by atoms with Gasteiger partial charge in [0, 0.05) is 40.6 Å². The number of aliphatic imine (C=N–C) groups is 1. The summed E-state index contributed by atoms with van der Waals surface area (Å²) in [7, 11) is -0.674.